The largest absolute Gasteiger partial charge is 0.396 e. The smallest absolute Gasteiger partial charge is 0.319 e. The predicted molar refractivity (Wildman–Crippen MR) is 75.1 cm³/mol. The van der Waals surface area contributed by atoms with Crippen LogP contribution in [0, 0.1) is 0 Å². The average Bonchev–Trinajstić information content (AvgIpc) is 2.38. The third-order valence-electron chi connectivity index (χ3n) is 2.62. The monoisotopic (exact) mass is 266 g/mol. The molecule has 106 valence electrons. The predicted octanol–water partition coefficient (Wildman–Crippen LogP) is 2.12. The van der Waals surface area contributed by atoms with Crippen molar-refractivity contribution in [3.63, 3.8) is 0 Å². The molecule has 0 aliphatic heterocycles. The first-order valence-electron chi connectivity index (χ1n) is 6.50. The van der Waals surface area contributed by atoms with Crippen molar-refractivity contribution in [2.24, 2.45) is 0 Å². The standard InChI is InChI=1S/C14H22N2O3/c1-3-19-10-12-4-6-13(7-5-12)16-14(18)15-11(2)8-9-17/h4-7,11,17H,3,8-10H2,1-2H3,(H2,15,16,18)/t11-/m1/s1. The van der Waals surface area contributed by atoms with Crippen molar-refractivity contribution in [2.75, 3.05) is 18.5 Å². The Bertz CT molecular complexity index is 379. The van der Waals surface area contributed by atoms with E-state index >= 15 is 0 Å². The van der Waals surface area contributed by atoms with Gasteiger partial charge in [-0.25, -0.2) is 4.79 Å². The molecule has 1 aromatic carbocycles. The number of aliphatic hydroxyl groups excluding tert-OH is 1. The van der Waals surface area contributed by atoms with Gasteiger partial charge >= 0.3 is 6.03 Å². The highest BCUT2D eigenvalue weighted by atomic mass is 16.5. The quantitative estimate of drug-likeness (QED) is 0.708. The van der Waals surface area contributed by atoms with Gasteiger partial charge in [0, 0.05) is 24.9 Å². The highest BCUT2D eigenvalue weighted by Gasteiger charge is 2.06. The Morgan fingerprint density at radius 2 is 2.05 bits per heavy atom. The summed E-state index contributed by atoms with van der Waals surface area (Å²) in [5.41, 5.74) is 1.80. The molecule has 3 N–H and O–H groups in total. The molecule has 0 unspecified atom stereocenters. The Morgan fingerprint density at radius 1 is 1.37 bits per heavy atom. The summed E-state index contributed by atoms with van der Waals surface area (Å²) in [5, 5.41) is 14.2. The zero-order valence-electron chi connectivity index (χ0n) is 11.5. The zero-order chi connectivity index (χ0) is 14.1. The number of ether oxygens (including phenoxy) is 1. The molecular weight excluding hydrogens is 244 g/mol. The summed E-state index contributed by atoms with van der Waals surface area (Å²) in [6.45, 7) is 5.13. The lowest BCUT2D eigenvalue weighted by atomic mass is 10.2. The van der Waals surface area contributed by atoms with E-state index in [4.69, 9.17) is 9.84 Å². The van der Waals surface area contributed by atoms with Crippen LogP contribution in [0.1, 0.15) is 25.8 Å². The lowest BCUT2D eigenvalue weighted by Crippen LogP contribution is -2.36. The third-order valence-corrected chi connectivity index (χ3v) is 2.62. The van der Waals surface area contributed by atoms with Gasteiger partial charge in [0.15, 0.2) is 0 Å². The SMILES string of the molecule is CCOCc1ccc(NC(=O)N[C@H](C)CCO)cc1. The van der Waals surface area contributed by atoms with Crippen LogP contribution in [0.5, 0.6) is 0 Å². The van der Waals surface area contributed by atoms with Gasteiger partial charge < -0.3 is 20.5 Å². The maximum Gasteiger partial charge on any atom is 0.319 e. The molecule has 1 rings (SSSR count). The fourth-order valence-corrected chi connectivity index (χ4v) is 1.56. The van der Waals surface area contributed by atoms with Gasteiger partial charge in [0.1, 0.15) is 0 Å². The number of aliphatic hydroxyl groups is 1. The first kappa shape index (κ1) is 15.5. The molecule has 0 aromatic heterocycles. The second-order valence-electron chi connectivity index (χ2n) is 4.35. The van der Waals surface area contributed by atoms with E-state index in [9.17, 15) is 4.79 Å². The highest BCUT2D eigenvalue weighted by molar-refractivity contribution is 5.89. The van der Waals surface area contributed by atoms with Crippen LogP contribution in [0.2, 0.25) is 0 Å². The van der Waals surface area contributed by atoms with Crippen LogP contribution in [-0.2, 0) is 11.3 Å². The number of anilines is 1. The van der Waals surface area contributed by atoms with E-state index < -0.39 is 0 Å². The number of rotatable bonds is 7. The van der Waals surface area contributed by atoms with Gasteiger partial charge in [-0.15, -0.1) is 0 Å². The first-order chi connectivity index (χ1) is 9.15. The summed E-state index contributed by atoms with van der Waals surface area (Å²) in [6.07, 6.45) is 0.542. The van der Waals surface area contributed by atoms with E-state index in [1.807, 2.05) is 38.1 Å². The van der Waals surface area contributed by atoms with Crippen LogP contribution in [-0.4, -0.2) is 30.4 Å². The van der Waals surface area contributed by atoms with Gasteiger partial charge in [0.05, 0.1) is 6.61 Å². The molecule has 0 bridgehead atoms. The van der Waals surface area contributed by atoms with Crippen molar-refractivity contribution in [3.05, 3.63) is 29.8 Å². The summed E-state index contributed by atoms with van der Waals surface area (Å²) in [4.78, 5) is 11.6. The van der Waals surface area contributed by atoms with Crippen molar-refractivity contribution < 1.29 is 14.6 Å². The lowest BCUT2D eigenvalue weighted by molar-refractivity contribution is 0.134. The molecule has 19 heavy (non-hydrogen) atoms. The van der Waals surface area contributed by atoms with Crippen molar-refractivity contribution in [3.8, 4) is 0 Å². The van der Waals surface area contributed by atoms with E-state index in [1.54, 1.807) is 0 Å². The van der Waals surface area contributed by atoms with Crippen molar-refractivity contribution in [1.82, 2.24) is 5.32 Å². The summed E-state index contributed by atoms with van der Waals surface area (Å²) in [6, 6.07) is 7.20. The Kier molecular flexibility index (Phi) is 6.92. The summed E-state index contributed by atoms with van der Waals surface area (Å²) < 4.78 is 5.30. The molecule has 2 amide bonds. The van der Waals surface area contributed by atoms with Gasteiger partial charge in [-0.2, -0.15) is 0 Å². The molecule has 0 spiro atoms. The van der Waals surface area contributed by atoms with Gasteiger partial charge in [0.2, 0.25) is 0 Å². The van der Waals surface area contributed by atoms with Crippen molar-refractivity contribution in [2.45, 2.75) is 32.9 Å². The minimum atomic E-state index is -0.265. The van der Waals surface area contributed by atoms with Crippen molar-refractivity contribution in [1.29, 1.82) is 0 Å². The van der Waals surface area contributed by atoms with E-state index in [0.29, 0.717) is 19.6 Å². The van der Waals surface area contributed by atoms with E-state index in [-0.39, 0.29) is 18.7 Å². The second-order valence-corrected chi connectivity index (χ2v) is 4.35. The van der Waals surface area contributed by atoms with Crippen LogP contribution in [0.4, 0.5) is 10.5 Å². The lowest BCUT2D eigenvalue weighted by Gasteiger charge is -2.13. The third kappa shape index (κ3) is 6.22. The Labute approximate surface area is 114 Å². The number of carbonyl (C=O) groups excluding carboxylic acids is 1. The maximum absolute atomic E-state index is 11.6. The molecule has 0 aliphatic rings. The number of hydrogen-bond donors (Lipinski definition) is 3. The van der Waals surface area contributed by atoms with Gasteiger partial charge in [-0.3, -0.25) is 0 Å². The topological polar surface area (TPSA) is 70.6 Å². The number of urea groups is 1. The molecule has 0 saturated carbocycles. The number of amides is 2. The molecule has 5 heteroatoms. The Balaban J connectivity index is 2.42. The minimum absolute atomic E-state index is 0.0535. The van der Waals surface area contributed by atoms with Gasteiger partial charge in [-0.05, 0) is 38.0 Å². The molecule has 5 nitrogen and oxygen atoms in total. The van der Waals surface area contributed by atoms with Crippen LogP contribution in [0.15, 0.2) is 24.3 Å². The van der Waals surface area contributed by atoms with Crippen molar-refractivity contribution >= 4 is 11.7 Å². The molecule has 1 aromatic rings. The summed E-state index contributed by atoms with van der Waals surface area (Å²) in [7, 11) is 0. The molecule has 0 radical (unpaired) electrons. The average molecular weight is 266 g/mol. The van der Waals surface area contributed by atoms with Crippen LogP contribution < -0.4 is 10.6 Å². The summed E-state index contributed by atoms with van der Waals surface area (Å²) >= 11 is 0. The second kappa shape index (κ2) is 8.50. The van der Waals surface area contributed by atoms with Crippen LogP contribution >= 0.6 is 0 Å². The van der Waals surface area contributed by atoms with E-state index in [2.05, 4.69) is 10.6 Å². The number of carbonyl (C=O) groups is 1. The molecule has 0 saturated heterocycles. The highest BCUT2D eigenvalue weighted by Crippen LogP contribution is 2.10. The fourth-order valence-electron chi connectivity index (χ4n) is 1.56. The van der Waals surface area contributed by atoms with Gasteiger partial charge in [-0.1, -0.05) is 12.1 Å². The summed E-state index contributed by atoms with van der Waals surface area (Å²) in [5.74, 6) is 0. The number of hydrogen-bond acceptors (Lipinski definition) is 3. The minimum Gasteiger partial charge on any atom is -0.396 e. The van der Waals surface area contributed by atoms with Crippen LogP contribution in [0.25, 0.3) is 0 Å². The first-order valence-corrected chi connectivity index (χ1v) is 6.50. The Morgan fingerprint density at radius 3 is 2.63 bits per heavy atom. The molecule has 0 fully saturated rings. The normalized spacial score (nSPS) is 11.9. The van der Waals surface area contributed by atoms with E-state index in [1.165, 1.54) is 0 Å². The molecule has 0 heterocycles. The fraction of sp³-hybridized carbons (Fsp3) is 0.500. The number of benzene rings is 1. The van der Waals surface area contributed by atoms with E-state index in [0.717, 1.165) is 11.3 Å². The molecule has 1 atom stereocenters. The van der Waals surface area contributed by atoms with Gasteiger partial charge in [0.25, 0.3) is 0 Å². The Hall–Kier alpha value is -1.59. The maximum atomic E-state index is 11.6. The zero-order valence-corrected chi connectivity index (χ0v) is 11.5. The van der Waals surface area contributed by atoms with Crippen LogP contribution in [0.3, 0.4) is 0 Å². The molecular formula is C14H22N2O3. The number of nitrogens with one attached hydrogen (secondary N) is 2. The molecule has 0 aliphatic carbocycles.